The number of Topliss-reactive ketones (excluding diaryl/α,β-unsaturated/α-hetero) is 1. The van der Waals surface area contributed by atoms with Gasteiger partial charge in [0.05, 0.1) is 7.11 Å². The van der Waals surface area contributed by atoms with E-state index < -0.39 is 5.82 Å². The Balaban J connectivity index is 2.27. The van der Waals surface area contributed by atoms with Crippen LogP contribution >= 0.6 is 0 Å². The molecule has 1 aromatic carbocycles. The van der Waals surface area contributed by atoms with Gasteiger partial charge in [-0.05, 0) is 49.5 Å². The van der Waals surface area contributed by atoms with Crippen LogP contribution in [0.4, 0.5) is 4.39 Å². The molecular formula is C14H15FO2. The molecule has 0 heterocycles. The van der Waals surface area contributed by atoms with Crippen LogP contribution in [-0.2, 0) is 0 Å². The summed E-state index contributed by atoms with van der Waals surface area (Å²) in [6, 6.07) is 4.25. The summed E-state index contributed by atoms with van der Waals surface area (Å²) in [6.45, 7) is 0. The molecule has 90 valence electrons. The third-order valence-electron chi connectivity index (χ3n) is 3.00. The topological polar surface area (TPSA) is 26.3 Å². The van der Waals surface area contributed by atoms with E-state index in [9.17, 15) is 9.18 Å². The third-order valence-corrected chi connectivity index (χ3v) is 3.00. The number of carbonyl (C=O) groups excluding carboxylic acids is 1. The summed E-state index contributed by atoms with van der Waals surface area (Å²) >= 11 is 0. The number of ether oxygens (including phenoxy) is 1. The molecule has 0 N–H and O–H groups in total. The largest absolute Gasteiger partial charge is 0.494 e. The van der Waals surface area contributed by atoms with Gasteiger partial charge in [-0.2, -0.15) is 0 Å². The fourth-order valence-electron chi connectivity index (χ4n) is 2.03. The molecule has 3 heteroatoms. The molecule has 1 aromatic rings. The normalized spacial score (nSPS) is 15.3. The Morgan fingerprint density at radius 2 is 2.18 bits per heavy atom. The van der Waals surface area contributed by atoms with Crippen LogP contribution in [0.25, 0.3) is 0 Å². The SMILES string of the molecule is COc1cc(C(=O)C2=CCCCC2)ccc1F. The first-order valence-electron chi connectivity index (χ1n) is 5.79. The molecule has 0 atom stereocenters. The molecule has 0 spiro atoms. The molecule has 0 unspecified atom stereocenters. The van der Waals surface area contributed by atoms with Gasteiger partial charge in [0.2, 0.25) is 0 Å². The van der Waals surface area contributed by atoms with Crippen molar-refractivity contribution in [1.29, 1.82) is 0 Å². The first kappa shape index (κ1) is 11.8. The van der Waals surface area contributed by atoms with Gasteiger partial charge in [0, 0.05) is 5.56 Å². The molecule has 0 fully saturated rings. The molecule has 1 aliphatic carbocycles. The summed E-state index contributed by atoms with van der Waals surface area (Å²) in [7, 11) is 1.40. The van der Waals surface area contributed by atoms with Crippen LogP contribution in [0.15, 0.2) is 29.8 Å². The maximum absolute atomic E-state index is 13.2. The highest BCUT2D eigenvalue weighted by Crippen LogP contribution is 2.24. The van der Waals surface area contributed by atoms with Crippen LogP contribution in [-0.4, -0.2) is 12.9 Å². The number of hydrogen-bond acceptors (Lipinski definition) is 2. The van der Waals surface area contributed by atoms with E-state index in [4.69, 9.17) is 4.74 Å². The van der Waals surface area contributed by atoms with E-state index in [1.807, 2.05) is 6.08 Å². The Morgan fingerprint density at radius 1 is 1.35 bits per heavy atom. The molecule has 0 aliphatic heterocycles. The lowest BCUT2D eigenvalue weighted by atomic mass is 9.93. The monoisotopic (exact) mass is 234 g/mol. The van der Waals surface area contributed by atoms with Crippen molar-refractivity contribution >= 4 is 5.78 Å². The lowest BCUT2D eigenvalue weighted by Crippen LogP contribution is -2.07. The van der Waals surface area contributed by atoms with E-state index >= 15 is 0 Å². The molecule has 0 amide bonds. The Bertz CT molecular complexity index is 463. The Morgan fingerprint density at radius 3 is 2.82 bits per heavy atom. The summed E-state index contributed by atoms with van der Waals surface area (Å²) in [5.74, 6) is -0.336. The fourth-order valence-corrected chi connectivity index (χ4v) is 2.03. The smallest absolute Gasteiger partial charge is 0.188 e. The van der Waals surface area contributed by atoms with Gasteiger partial charge in [-0.15, -0.1) is 0 Å². The van der Waals surface area contributed by atoms with Gasteiger partial charge in [-0.25, -0.2) is 4.39 Å². The van der Waals surface area contributed by atoms with Crippen molar-refractivity contribution < 1.29 is 13.9 Å². The Hall–Kier alpha value is -1.64. The van der Waals surface area contributed by atoms with Crippen LogP contribution in [0.2, 0.25) is 0 Å². The molecule has 2 rings (SSSR count). The Kier molecular flexibility index (Phi) is 3.57. The summed E-state index contributed by atoms with van der Waals surface area (Å²) in [5.41, 5.74) is 1.33. The number of methoxy groups -OCH3 is 1. The van der Waals surface area contributed by atoms with Crippen molar-refractivity contribution in [2.75, 3.05) is 7.11 Å². The van der Waals surface area contributed by atoms with E-state index in [2.05, 4.69) is 0 Å². The van der Waals surface area contributed by atoms with Crippen molar-refractivity contribution in [2.45, 2.75) is 25.7 Å². The quantitative estimate of drug-likeness (QED) is 0.748. The molecule has 17 heavy (non-hydrogen) atoms. The second-order valence-electron chi connectivity index (χ2n) is 4.15. The summed E-state index contributed by atoms with van der Waals surface area (Å²) in [4.78, 5) is 12.1. The van der Waals surface area contributed by atoms with E-state index in [0.717, 1.165) is 31.3 Å². The average Bonchev–Trinajstić information content (AvgIpc) is 2.39. The number of allylic oxidation sites excluding steroid dienone is 2. The van der Waals surface area contributed by atoms with Crippen molar-refractivity contribution in [2.24, 2.45) is 0 Å². The predicted octanol–water partition coefficient (Wildman–Crippen LogP) is 3.52. The maximum atomic E-state index is 13.2. The second kappa shape index (κ2) is 5.13. The summed E-state index contributed by atoms with van der Waals surface area (Å²) in [5, 5.41) is 0. The van der Waals surface area contributed by atoms with Gasteiger partial charge < -0.3 is 4.74 Å². The number of halogens is 1. The molecule has 0 saturated heterocycles. The predicted molar refractivity (Wildman–Crippen MR) is 63.8 cm³/mol. The van der Waals surface area contributed by atoms with Gasteiger partial charge in [0.1, 0.15) is 0 Å². The zero-order valence-electron chi connectivity index (χ0n) is 9.83. The maximum Gasteiger partial charge on any atom is 0.188 e. The van der Waals surface area contributed by atoms with Crippen LogP contribution in [0.3, 0.4) is 0 Å². The molecular weight excluding hydrogens is 219 g/mol. The van der Waals surface area contributed by atoms with Gasteiger partial charge in [-0.3, -0.25) is 4.79 Å². The van der Waals surface area contributed by atoms with Gasteiger partial charge in [-0.1, -0.05) is 6.08 Å². The highest BCUT2D eigenvalue weighted by atomic mass is 19.1. The van der Waals surface area contributed by atoms with Crippen molar-refractivity contribution in [1.82, 2.24) is 0 Å². The standard InChI is InChI=1S/C14H15FO2/c1-17-13-9-11(7-8-12(13)15)14(16)10-5-3-2-4-6-10/h5,7-9H,2-4,6H2,1H3. The van der Waals surface area contributed by atoms with Crippen molar-refractivity contribution in [3.63, 3.8) is 0 Å². The number of ketones is 1. The van der Waals surface area contributed by atoms with Crippen LogP contribution in [0.1, 0.15) is 36.0 Å². The Labute approximate surface area is 100 Å². The third kappa shape index (κ3) is 2.54. The summed E-state index contributed by atoms with van der Waals surface area (Å²) in [6.07, 6.45) is 5.96. The lowest BCUT2D eigenvalue weighted by Gasteiger charge is -2.12. The van der Waals surface area contributed by atoms with E-state index in [0.29, 0.717) is 5.56 Å². The van der Waals surface area contributed by atoms with E-state index in [-0.39, 0.29) is 11.5 Å². The number of benzene rings is 1. The van der Waals surface area contributed by atoms with Gasteiger partial charge in [0.15, 0.2) is 17.3 Å². The molecule has 0 saturated carbocycles. The minimum atomic E-state index is -0.443. The highest BCUT2D eigenvalue weighted by Gasteiger charge is 2.16. The minimum absolute atomic E-state index is 0.0111. The first-order valence-corrected chi connectivity index (χ1v) is 5.79. The van der Waals surface area contributed by atoms with Gasteiger partial charge in [0.25, 0.3) is 0 Å². The minimum Gasteiger partial charge on any atom is -0.494 e. The van der Waals surface area contributed by atoms with E-state index in [1.165, 1.54) is 25.3 Å². The van der Waals surface area contributed by atoms with Crippen LogP contribution in [0, 0.1) is 5.82 Å². The fraction of sp³-hybridized carbons (Fsp3) is 0.357. The molecule has 1 aliphatic rings. The number of carbonyl (C=O) groups is 1. The first-order chi connectivity index (χ1) is 8.22. The lowest BCUT2D eigenvalue weighted by molar-refractivity contribution is 0.102. The highest BCUT2D eigenvalue weighted by molar-refractivity contribution is 6.08. The van der Waals surface area contributed by atoms with Crippen LogP contribution < -0.4 is 4.74 Å². The second-order valence-corrected chi connectivity index (χ2v) is 4.15. The number of hydrogen-bond donors (Lipinski definition) is 0. The zero-order chi connectivity index (χ0) is 12.3. The molecule has 0 radical (unpaired) electrons. The van der Waals surface area contributed by atoms with Crippen molar-refractivity contribution in [3.05, 3.63) is 41.2 Å². The van der Waals surface area contributed by atoms with Crippen LogP contribution in [0.5, 0.6) is 5.75 Å². The summed E-state index contributed by atoms with van der Waals surface area (Å²) < 4.78 is 18.1. The van der Waals surface area contributed by atoms with Gasteiger partial charge >= 0.3 is 0 Å². The zero-order valence-corrected chi connectivity index (χ0v) is 9.83. The van der Waals surface area contributed by atoms with Crippen molar-refractivity contribution in [3.8, 4) is 5.75 Å². The number of rotatable bonds is 3. The molecule has 0 bridgehead atoms. The molecule has 2 nitrogen and oxygen atoms in total. The van der Waals surface area contributed by atoms with E-state index in [1.54, 1.807) is 0 Å². The average molecular weight is 234 g/mol. The molecule has 0 aromatic heterocycles.